The largest absolute Gasteiger partial charge is 0.503 e. The Labute approximate surface area is 186 Å². The molecule has 7 nitrogen and oxygen atoms in total. The highest BCUT2D eigenvalue weighted by molar-refractivity contribution is 6.02. The van der Waals surface area contributed by atoms with Gasteiger partial charge in [0.1, 0.15) is 0 Å². The maximum atomic E-state index is 12.8. The van der Waals surface area contributed by atoms with Crippen molar-refractivity contribution in [1.82, 2.24) is 9.78 Å². The van der Waals surface area contributed by atoms with Crippen LogP contribution >= 0.6 is 0 Å². The lowest BCUT2D eigenvalue weighted by atomic mass is 9.79. The molecule has 1 aliphatic carbocycles. The second kappa shape index (κ2) is 9.36. The summed E-state index contributed by atoms with van der Waals surface area (Å²) in [4.78, 5) is 25.3. The molecule has 0 atom stereocenters. The van der Waals surface area contributed by atoms with Crippen LogP contribution in [0.3, 0.4) is 0 Å². The molecule has 1 heterocycles. The fourth-order valence-corrected chi connectivity index (χ4v) is 4.49. The van der Waals surface area contributed by atoms with Crippen LogP contribution in [-0.4, -0.2) is 27.9 Å². The van der Waals surface area contributed by atoms with Gasteiger partial charge in [-0.3, -0.25) is 14.3 Å². The molecule has 3 aromatic rings. The summed E-state index contributed by atoms with van der Waals surface area (Å²) in [6.07, 6.45) is 5.50. The number of carbonyl (C=O) groups excluding carboxylic acids is 1. The normalized spacial score (nSPS) is 14.9. The predicted octanol–water partition coefficient (Wildman–Crippen LogP) is 3.86. The maximum absolute atomic E-state index is 12.8. The van der Waals surface area contributed by atoms with Crippen molar-refractivity contribution in [2.24, 2.45) is 0 Å². The van der Waals surface area contributed by atoms with Crippen LogP contribution in [0.4, 0.5) is 5.69 Å². The highest BCUT2D eigenvalue weighted by Crippen LogP contribution is 2.42. The molecule has 0 saturated heterocycles. The molecule has 0 radical (unpaired) electrons. The zero-order chi connectivity index (χ0) is 22.6. The van der Waals surface area contributed by atoms with Crippen LogP contribution in [0.25, 0.3) is 0 Å². The fraction of sp³-hybridized carbons (Fsp3) is 0.320. The number of nitrogens with one attached hydrogen (secondary N) is 1. The first-order valence-corrected chi connectivity index (χ1v) is 10.8. The number of aromatic nitrogens is 2. The molecule has 0 aliphatic heterocycles. The van der Waals surface area contributed by atoms with E-state index in [0.717, 1.165) is 31.2 Å². The average molecular weight is 434 g/mol. The smallest absolute Gasteiger partial charge is 0.280 e. The Hall–Kier alpha value is -3.45. The van der Waals surface area contributed by atoms with Crippen molar-refractivity contribution in [3.63, 3.8) is 0 Å². The first-order chi connectivity index (χ1) is 15.5. The molecular weight excluding hydrogens is 406 g/mol. The van der Waals surface area contributed by atoms with E-state index < -0.39 is 17.1 Å². The summed E-state index contributed by atoms with van der Waals surface area (Å²) >= 11 is 0. The molecule has 0 unspecified atom stereocenters. The van der Waals surface area contributed by atoms with Gasteiger partial charge in [-0.15, -0.1) is 0 Å². The number of aromatic hydroxyl groups is 1. The van der Waals surface area contributed by atoms with Gasteiger partial charge in [0.2, 0.25) is 0 Å². The lowest BCUT2D eigenvalue weighted by Gasteiger charge is -2.30. The van der Waals surface area contributed by atoms with Crippen LogP contribution in [0.15, 0.2) is 65.6 Å². The predicted molar refractivity (Wildman–Crippen MR) is 122 cm³/mol. The number of benzene rings is 2. The van der Waals surface area contributed by atoms with Gasteiger partial charge < -0.3 is 15.2 Å². The minimum absolute atomic E-state index is 0.138. The number of carbonyl (C=O) groups is 1. The summed E-state index contributed by atoms with van der Waals surface area (Å²) in [6.45, 7) is 0.951. The van der Waals surface area contributed by atoms with Crippen LogP contribution in [0.5, 0.6) is 5.75 Å². The molecule has 7 heteroatoms. The Morgan fingerprint density at radius 2 is 1.81 bits per heavy atom. The van der Waals surface area contributed by atoms with Gasteiger partial charge in [0.15, 0.2) is 11.4 Å². The van der Waals surface area contributed by atoms with E-state index in [4.69, 9.17) is 4.74 Å². The molecular formula is C25H27N3O4. The molecule has 32 heavy (non-hydrogen) atoms. The maximum Gasteiger partial charge on any atom is 0.280 e. The van der Waals surface area contributed by atoms with Crippen molar-refractivity contribution in [3.05, 3.63) is 87.8 Å². The fourth-order valence-electron chi connectivity index (χ4n) is 4.49. The summed E-state index contributed by atoms with van der Waals surface area (Å²) in [5.41, 5.74) is 1.45. The number of rotatable bonds is 7. The van der Waals surface area contributed by atoms with Crippen molar-refractivity contribution in [2.75, 3.05) is 12.4 Å². The molecule has 1 aliphatic rings. The second-order valence-corrected chi connectivity index (χ2v) is 8.33. The van der Waals surface area contributed by atoms with Crippen molar-refractivity contribution < 1.29 is 14.6 Å². The van der Waals surface area contributed by atoms with Gasteiger partial charge in [-0.05, 0) is 36.1 Å². The minimum atomic E-state index is -0.782. The van der Waals surface area contributed by atoms with E-state index in [2.05, 4.69) is 22.5 Å². The van der Waals surface area contributed by atoms with Crippen molar-refractivity contribution in [2.45, 2.75) is 44.2 Å². The summed E-state index contributed by atoms with van der Waals surface area (Å²) in [5, 5.41) is 17.3. The Balaban J connectivity index is 1.60. The lowest BCUT2D eigenvalue weighted by molar-refractivity contribution is 0.101. The standard InChI is InChI=1S/C25H27N3O4/c1-32-16-18-9-11-20(12-10-18)26-24(31)22-23(30)21(29)15-28(27-22)17-25(13-5-6-14-25)19-7-3-2-4-8-19/h2-4,7-12,15,29H,5-6,13-14,16-17H2,1H3,(H,26,31). The lowest BCUT2D eigenvalue weighted by Crippen LogP contribution is -2.32. The monoisotopic (exact) mass is 433 g/mol. The molecule has 1 aromatic heterocycles. The molecule has 166 valence electrons. The summed E-state index contributed by atoms with van der Waals surface area (Å²) < 4.78 is 6.62. The van der Waals surface area contributed by atoms with Crippen LogP contribution in [0.1, 0.15) is 47.3 Å². The van der Waals surface area contributed by atoms with Gasteiger partial charge in [0.05, 0.1) is 19.3 Å². The number of hydrogen-bond donors (Lipinski definition) is 2. The van der Waals surface area contributed by atoms with Crippen LogP contribution in [0.2, 0.25) is 0 Å². The van der Waals surface area contributed by atoms with E-state index >= 15 is 0 Å². The molecule has 0 bridgehead atoms. The zero-order valence-corrected chi connectivity index (χ0v) is 18.1. The number of anilines is 1. The van der Waals surface area contributed by atoms with Gasteiger partial charge in [-0.25, -0.2) is 0 Å². The molecule has 1 saturated carbocycles. The van der Waals surface area contributed by atoms with Crippen LogP contribution < -0.4 is 10.7 Å². The number of methoxy groups -OCH3 is 1. The SMILES string of the molecule is COCc1ccc(NC(=O)c2nn(CC3(c4ccccc4)CCCC3)cc(O)c2=O)cc1. The molecule has 2 N–H and O–H groups in total. The van der Waals surface area contributed by atoms with Gasteiger partial charge in [-0.2, -0.15) is 5.10 Å². The van der Waals surface area contributed by atoms with Gasteiger partial charge >= 0.3 is 0 Å². The van der Waals surface area contributed by atoms with Crippen molar-refractivity contribution in [1.29, 1.82) is 0 Å². The average Bonchev–Trinajstić information content (AvgIpc) is 3.28. The third-order valence-electron chi connectivity index (χ3n) is 6.10. The third-order valence-corrected chi connectivity index (χ3v) is 6.10. The van der Waals surface area contributed by atoms with Gasteiger partial charge in [-0.1, -0.05) is 55.3 Å². The molecule has 2 aromatic carbocycles. The van der Waals surface area contributed by atoms with E-state index in [9.17, 15) is 14.7 Å². The highest BCUT2D eigenvalue weighted by Gasteiger charge is 2.36. The van der Waals surface area contributed by atoms with Crippen LogP contribution in [0, 0.1) is 0 Å². The van der Waals surface area contributed by atoms with E-state index in [1.54, 1.807) is 19.2 Å². The van der Waals surface area contributed by atoms with Gasteiger partial charge in [0, 0.05) is 18.2 Å². The Bertz CT molecular complexity index is 1130. The summed E-state index contributed by atoms with van der Waals surface area (Å²) in [7, 11) is 1.61. The van der Waals surface area contributed by atoms with E-state index in [0.29, 0.717) is 18.8 Å². The Morgan fingerprint density at radius 1 is 1.12 bits per heavy atom. The van der Waals surface area contributed by atoms with Crippen LogP contribution in [-0.2, 0) is 23.3 Å². The quantitative estimate of drug-likeness (QED) is 0.590. The summed E-state index contributed by atoms with van der Waals surface area (Å²) in [5.74, 6) is -1.14. The van der Waals surface area contributed by atoms with E-state index in [-0.39, 0.29) is 11.1 Å². The highest BCUT2D eigenvalue weighted by atomic mass is 16.5. The number of nitrogens with zero attached hydrogens (tertiary/aromatic N) is 2. The Kier molecular flexibility index (Phi) is 6.37. The molecule has 0 spiro atoms. The minimum Gasteiger partial charge on any atom is -0.503 e. The molecule has 4 rings (SSSR count). The van der Waals surface area contributed by atoms with E-state index in [1.165, 1.54) is 16.4 Å². The first-order valence-electron chi connectivity index (χ1n) is 10.8. The first kappa shape index (κ1) is 21.8. The second-order valence-electron chi connectivity index (χ2n) is 8.33. The Morgan fingerprint density at radius 3 is 2.47 bits per heavy atom. The molecule has 1 amide bonds. The third kappa shape index (κ3) is 4.57. The number of hydrogen-bond acceptors (Lipinski definition) is 5. The number of amides is 1. The summed E-state index contributed by atoms with van der Waals surface area (Å²) in [6, 6.07) is 17.4. The van der Waals surface area contributed by atoms with Crippen molar-refractivity contribution in [3.8, 4) is 5.75 Å². The number of ether oxygens (including phenoxy) is 1. The van der Waals surface area contributed by atoms with Gasteiger partial charge in [0.25, 0.3) is 11.3 Å². The molecule has 1 fully saturated rings. The topological polar surface area (TPSA) is 93.4 Å². The van der Waals surface area contributed by atoms with E-state index in [1.807, 2.05) is 30.3 Å². The van der Waals surface area contributed by atoms with Crippen molar-refractivity contribution >= 4 is 11.6 Å². The zero-order valence-electron chi connectivity index (χ0n) is 18.1.